The van der Waals surface area contributed by atoms with E-state index in [9.17, 15) is 0 Å². The number of hydrogen-bond donors (Lipinski definition) is 0. The maximum Gasteiger partial charge on any atom is 0.0364 e. The highest BCUT2D eigenvalue weighted by molar-refractivity contribution is 5.46. The average Bonchev–Trinajstić information content (AvgIpc) is 2.68. The number of rotatable bonds is 18. The first-order valence-electron chi connectivity index (χ1n) is 11.9. The SMILES string of the molecule is CCCCCCCCCCCCCCCCCCc1[c]ccc(N(C)C)c1. The molecule has 0 atom stereocenters. The van der Waals surface area contributed by atoms with E-state index in [1.54, 1.807) is 0 Å². The first-order valence-corrected chi connectivity index (χ1v) is 11.9. The van der Waals surface area contributed by atoms with E-state index in [2.05, 4.69) is 50.2 Å². The molecule has 1 nitrogen and oxygen atoms in total. The molecule has 0 spiro atoms. The van der Waals surface area contributed by atoms with Crippen LogP contribution >= 0.6 is 0 Å². The van der Waals surface area contributed by atoms with Crippen molar-refractivity contribution in [3.8, 4) is 0 Å². The molecule has 0 saturated heterocycles. The smallest absolute Gasteiger partial charge is 0.0364 e. The summed E-state index contributed by atoms with van der Waals surface area (Å²) in [5, 5.41) is 0. The highest BCUT2D eigenvalue weighted by atomic mass is 15.1. The molecule has 1 aromatic rings. The zero-order valence-electron chi connectivity index (χ0n) is 18.7. The normalized spacial score (nSPS) is 11.1. The minimum Gasteiger partial charge on any atom is -0.378 e. The summed E-state index contributed by atoms with van der Waals surface area (Å²) in [7, 11) is 4.21. The van der Waals surface area contributed by atoms with Crippen molar-refractivity contribution in [1.82, 2.24) is 0 Å². The van der Waals surface area contributed by atoms with Crippen LogP contribution in [0.4, 0.5) is 5.69 Å². The zero-order valence-corrected chi connectivity index (χ0v) is 18.7. The Balaban J connectivity index is 1.82. The number of benzene rings is 1. The second-order valence-electron chi connectivity index (χ2n) is 8.52. The molecule has 155 valence electrons. The van der Waals surface area contributed by atoms with Crippen molar-refractivity contribution in [2.75, 3.05) is 19.0 Å². The fourth-order valence-corrected chi connectivity index (χ4v) is 3.79. The van der Waals surface area contributed by atoms with Crippen LogP contribution in [0, 0.1) is 6.07 Å². The summed E-state index contributed by atoms with van der Waals surface area (Å²) < 4.78 is 0. The molecule has 1 rings (SSSR count). The summed E-state index contributed by atoms with van der Waals surface area (Å²) in [6.45, 7) is 2.30. The first kappa shape index (κ1) is 24.1. The average molecular weight is 373 g/mol. The van der Waals surface area contributed by atoms with Gasteiger partial charge in [0.1, 0.15) is 0 Å². The van der Waals surface area contributed by atoms with Gasteiger partial charge in [0.25, 0.3) is 0 Å². The Hall–Kier alpha value is -0.980. The molecule has 0 bridgehead atoms. The maximum atomic E-state index is 3.39. The molecule has 0 aliphatic rings. The van der Waals surface area contributed by atoms with E-state index in [1.807, 2.05) is 0 Å². The minimum atomic E-state index is 1.18. The lowest BCUT2D eigenvalue weighted by Crippen LogP contribution is -2.08. The van der Waals surface area contributed by atoms with Gasteiger partial charge in [-0.15, -0.1) is 0 Å². The van der Waals surface area contributed by atoms with Gasteiger partial charge in [-0.25, -0.2) is 0 Å². The topological polar surface area (TPSA) is 3.24 Å². The summed E-state index contributed by atoms with van der Waals surface area (Å²) in [5.74, 6) is 0. The van der Waals surface area contributed by atoms with Crippen molar-refractivity contribution in [2.45, 2.75) is 116 Å². The minimum absolute atomic E-state index is 1.18. The Morgan fingerprint density at radius 2 is 1.11 bits per heavy atom. The highest BCUT2D eigenvalue weighted by Crippen LogP contribution is 2.17. The van der Waals surface area contributed by atoms with Crippen LogP contribution in [0.3, 0.4) is 0 Å². The summed E-state index contributed by atoms with van der Waals surface area (Å²) in [4.78, 5) is 2.17. The second-order valence-corrected chi connectivity index (χ2v) is 8.52. The molecule has 0 aliphatic heterocycles. The Morgan fingerprint density at radius 3 is 1.56 bits per heavy atom. The predicted molar refractivity (Wildman–Crippen MR) is 123 cm³/mol. The third-order valence-corrected chi connectivity index (χ3v) is 5.66. The van der Waals surface area contributed by atoms with Gasteiger partial charge >= 0.3 is 0 Å². The highest BCUT2D eigenvalue weighted by Gasteiger charge is 1.99. The van der Waals surface area contributed by atoms with Gasteiger partial charge < -0.3 is 4.90 Å². The van der Waals surface area contributed by atoms with Gasteiger partial charge in [0, 0.05) is 19.8 Å². The number of anilines is 1. The Kier molecular flexibility index (Phi) is 15.3. The van der Waals surface area contributed by atoms with Crippen LogP contribution in [0.15, 0.2) is 18.2 Å². The summed E-state index contributed by atoms with van der Waals surface area (Å²) in [5.41, 5.74) is 2.66. The number of unbranched alkanes of at least 4 members (excludes halogenated alkanes) is 15. The van der Waals surface area contributed by atoms with Gasteiger partial charge in [0.2, 0.25) is 0 Å². The van der Waals surface area contributed by atoms with Crippen molar-refractivity contribution in [3.63, 3.8) is 0 Å². The van der Waals surface area contributed by atoms with Crippen LogP contribution in [-0.2, 0) is 6.42 Å². The molecule has 0 N–H and O–H groups in total. The van der Waals surface area contributed by atoms with E-state index < -0.39 is 0 Å². The largest absolute Gasteiger partial charge is 0.378 e. The standard InChI is InChI=1S/C26H46N/c1-4-5-6-7-8-9-10-11-12-13-14-15-16-17-18-19-21-25-22-20-23-26(24-25)27(2)3/h20,23-24H,4-19,21H2,1-3H3. The molecule has 0 heterocycles. The molecule has 1 aromatic carbocycles. The second kappa shape index (κ2) is 17.1. The lowest BCUT2D eigenvalue weighted by Gasteiger charge is -2.13. The zero-order chi connectivity index (χ0) is 19.6. The van der Waals surface area contributed by atoms with Crippen LogP contribution < -0.4 is 4.90 Å². The Bertz CT molecular complexity index is 438. The van der Waals surface area contributed by atoms with Gasteiger partial charge in [-0.3, -0.25) is 0 Å². The molecule has 1 radical (unpaired) electrons. The van der Waals surface area contributed by atoms with Crippen molar-refractivity contribution >= 4 is 5.69 Å². The monoisotopic (exact) mass is 372 g/mol. The van der Waals surface area contributed by atoms with Gasteiger partial charge in [-0.1, -0.05) is 109 Å². The molecule has 0 unspecified atom stereocenters. The third-order valence-electron chi connectivity index (χ3n) is 5.66. The van der Waals surface area contributed by atoms with Gasteiger partial charge in [-0.2, -0.15) is 0 Å². The molecular weight excluding hydrogens is 326 g/mol. The fourth-order valence-electron chi connectivity index (χ4n) is 3.79. The van der Waals surface area contributed by atoms with Crippen LogP contribution in [0.1, 0.15) is 115 Å². The summed E-state index contributed by atoms with van der Waals surface area (Å²) >= 11 is 0. The van der Waals surface area contributed by atoms with E-state index in [4.69, 9.17) is 0 Å². The van der Waals surface area contributed by atoms with Crippen molar-refractivity contribution < 1.29 is 0 Å². The van der Waals surface area contributed by atoms with E-state index >= 15 is 0 Å². The number of aryl methyl sites for hydroxylation is 1. The Morgan fingerprint density at radius 1 is 0.667 bits per heavy atom. The van der Waals surface area contributed by atoms with Gasteiger partial charge in [0.15, 0.2) is 0 Å². The maximum absolute atomic E-state index is 3.39. The van der Waals surface area contributed by atoms with E-state index in [0.29, 0.717) is 0 Å². The molecule has 1 heteroatoms. The first-order chi connectivity index (χ1) is 13.2. The van der Waals surface area contributed by atoms with E-state index in [-0.39, 0.29) is 0 Å². The number of hydrogen-bond acceptors (Lipinski definition) is 1. The number of nitrogens with zero attached hydrogens (tertiary/aromatic N) is 1. The van der Waals surface area contributed by atoms with Gasteiger partial charge in [-0.05, 0) is 36.6 Å². The van der Waals surface area contributed by atoms with Crippen LogP contribution in [-0.4, -0.2) is 14.1 Å². The van der Waals surface area contributed by atoms with Crippen molar-refractivity contribution in [3.05, 3.63) is 29.8 Å². The lowest BCUT2D eigenvalue weighted by molar-refractivity contribution is 0.529. The predicted octanol–water partition coefficient (Wildman–Crippen LogP) is 8.36. The van der Waals surface area contributed by atoms with Gasteiger partial charge in [0.05, 0.1) is 0 Å². The van der Waals surface area contributed by atoms with Crippen molar-refractivity contribution in [1.29, 1.82) is 0 Å². The fraction of sp³-hybridized carbons (Fsp3) is 0.769. The van der Waals surface area contributed by atoms with E-state index in [1.165, 1.54) is 120 Å². The third kappa shape index (κ3) is 13.8. The molecule has 0 saturated carbocycles. The molecular formula is C26H46N. The quantitative estimate of drug-likeness (QED) is 0.234. The molecule has 0 fully saturated rings. The van der Waals surface area contributed by atoms with Crippen LogP contribution in [0.2, 0.25) is 0 Å². The van der Waals surface area contributed by atoms with Crippen molar-refractivity contribution in [2.24, 2.45) is 0 Å². The van der Waals surface area contributed by atoms with Crippen LogP contribution in [0.5, 0.6) is 0 Å². The summed E-state index contributed by atoms with van der Waals surface area (Å²) in [6.07, 6.45) is 24.1. The molecule has 0 amide bonds. The molecule has 0 aromatic heterocycles. The Labute approximate surface area is 170 Å². The molecule has 0 aliphatic carbocycles. The molecule has 27 heavy (non-hydrogen) atoms. The van der Waals surface area contributed by atoms with Crippen LogP contribution in [0.25, 0.3) is 0 Å². The van der Waals surface area contributed by atoms with E-state index in [0.717, 1.165) is 0 Å². The lowest BCUT2D eigenvalue weighted by atomic mass is 10.0. The summed E-state index contributed by atoms with van der Waals surface area (Å²) in [6, 6.07) is 9.87.